The molecule has 2 aromatic rings. The molecule has 0 spiro atoms. The fourth-order valence-corrected chi connectivity index (χ4v) is 3.01. The third kappa shape index (κ3) is 4.02. The number of carbonyl (C=O) groups is 2. The highest BCUT2D eigenvalue weighted by Gasteiger charge is 2.29. The van der Waals surface area contributed by atoms with Gasteiger partial charge in [0.1, 0.15) is 5.69 Å². The molecule has 0 saturated carbocycles. The highest BCUT2D eigenvalue weighted by atomic mass is 16.2. The summed E-state index contributed by atoms with van der Waals surface area (Å²) in [6, 6.07) is 5.87. The molecular weight excluding hydrogens is 316 g/mol. The molecule has 6 heteroatoms. The van der Waals surface area contributed by atoms with Crippen molar-refractivity contribution in [1.82, 2.24) is 14.9 Å². The van der Waals surface area contributed by atoms with Crippen LogP contribution in [0.1, 0.15) is 34.5 Å². The Morgan fingerprint density at radius 2 is 2.04 bits per heavy atom. The Morgan fingerprint density at radius 3 is 2.76 bits per heavy atom. The normalized spacial score (nSPS) is 17.2. The summed E-state index contributed by atoms with van der Waals surface area (Å²) >= 11 is 0. The number of amides is 2. The minimum atomic E-state index is -0.212. The first-order valence-corrected chi connectivity index (χ1v) is 8.48. The average Bonchev–Trinajstić information content (AvgIpc) is 2.65. The van der Waals surface area contributed by atoms with Crippen LogP contribution < -0.4 is 5.32 Å². The fourth-order valence-electron chi connectivity index (χ4n) is 3.01. The number of nitrogens with zero attached hydrogens (tertiary/aromatic N) is 3. The topological polar surface area (TPSA) is 75.2 Å². The van der Waals surface area contributed by atoms with Gasteiger partial charge in [-0.05, 0) is 49.9 Å². The Kier molecular flexibility index (Phi) is 5.07. The Morgan fingerprint density at radius 1 is 1.20 bits per heavy atom. The van der Waals surface area contributed by atoms with E-state index in [1.54, 1.807) is 4.90 Å². The van der Waals surface area contributed by atoms with E-state index in [-0.39, 0.29) is 17.7 Å². The lowest BCUT2D eigenvalue weighted by atomic mass is 9.96. The van der Waals surface area contributed by atoms with Gasteiger partial charge in [0.2, 0.25) is 5.91 Å². The molecule has 1 fully saturated rings. The number of piperidine rings is 1. The SMILES string of the molecule is Cc1ccc(NC(=O)[C@@H]2CCCN(C(=O)c3cnccn3)C2)cc1C. The fraction of sp³-hybridized carbons (Fsp3) is 0.368. The van der Waals surface area contributed by atoms with Gasteiger partial charge >= 0.3 is 0 Å². The van der Waals surface area contributed by atoms with E-state index < -0.39 is 0 Å². The van der Waals surface area contributed by atoms with Crippen molar-refractivity contribution >= 4 is 17.5 Å². The number of anilines is 1. The van der Waals surface area contributed by atoms with Gasteiger partial charge in [0.05, 0.1) is 12.1 Å². The van der Waals surface area contributed by atoms with Crippen LogP contribution in [0, 0.1) is 19.8 Å². The van der Waals surface area contributed by atoms with E-state index in [9.17, 15) is 9.59 Å². The van der Waals surface area contributed by atoms with Crippen molar-refractivity contribution in [3.8, 4) is 0 Å². The van der Waals surface area contributed by atoms with Crippen molar-refractivity contribution in [2.24, 2.45) is 5.92 Å². The second-order valence-corrected chi connectivity index (χ2v) is 6.47. The molecule has 1 aromatic carbocycles. The molecule has 3 rings (SSSR count). The zero-order valence-electron chi connectivity index (χ0n) is 14.5. The second-order valence-electron chi connectivity index (χ2n) is 6.47. The zero-order valence-corrected chi connectivity index (χ0v) is 14.5. The highest BCUT2D eigenvalue weighted by Crippen LogP contribution is 2.21. The van der Waals surface area contributed by atoms with Gasteiger partial charge < -0.3 is 10.2 Å². The van der Waals surface area contributed by atoms with Crippen molar-refractivity contribution in [1.29, 1.82) is 0 Å². The average molecular weight is 338 g/mol. The molecule has 2 heterocycles. The smallest absolute Gasteiger partial charge is 0.274 e. The van der Waals surface area contributed by atoms with Crippen LogP contribution in [0.15, 0.2) is 36.8 Å². The molecule has 1 N–H and O–H groups in total. The summed E-state index contributed by atoms with van der Waals surface area (Å²) in [7, 11) is 0. The number of carbonyl (C=O) groups excluding carboxylic acids is 2. The third-order valence-electron chi connectivity index (χ3n) is 4.64. The number of hydrogen-bond acceptors (Lipinski definition) is 4. The van der Waals surface area contributed by atoms with E-state index in [2.05, 4.69) is 15.3 Å². The Hall–Kier alpha value is -2.76. The molecule has 1 aliphatic heterocycles. The van der Waals surface area contributed by atoms with Crippen LogP contribution in [0.4, 0.5) is 5.69 Å². The van der Waals surface area contributed by atoms with Crippen LogP contribution in [0.3, 0.4) is 0 Å². The summed E-state index contributed by atoms with van der Waals surface area (Å²) < 4.78 is 0. The molecule has 0 aliphatic carbocycles. The zero-order chi connectivity index (χ0) is 17.8. The molecule has 130 valence electrons. The number of benzene rings is 1. The molecule has 25 heavy (non-hydrogen) atoms. The van der Waals surface area contributed by atoms with Crippen LogP contribution in [0.5, 0.6) is 0 Å². The van der Waals surface area contributed by atoms with E-state index >= 15 is 0 Å². The largest absolute Gasteiger partial charge is 0.336 e. The van der Waals surface area contributed by atoms with Gasteiger partial charge in [-0.25, -0.2) is 4.98 Å². The maximum atomic E-state index is 12.6. The van der Waals surface area contributed by atoms with Gasteiger partial charge in [0, 0.05) is 31.2 Å². The summed E-state index contributed by atoms with van der Waals surface area (Å²) in [5.74, 6) is -0.423. The first kappa shape index (κ1) is 17.1. The molecule has 0 unspecified atom stereocenters. The van der Waals surface area contributed by atoms with E-state index in [4.69, 9.17) is 0 Å². The van der Waals surface area contributed by atoms with Crippen molar-refractivity contribution in [3.63, 3.8) is 0 Å². The maximum absolute atomic E-state index is 12.6. The second kappa shape index (κ2) is 7.42. The number of nitrogens with one attached hydrogen (secondary N) is 1. The molecule has 0 radical (unpaired) electrons. The van der Waals surface area contributed by atoms with E-state index in [1.165, 1.54) is 24.2 Å². The lowest BCUT2D eigenvalue weighted by Crippen LogP contribution is -2.44. The first-order valence-electron chi connectivity index (χ1n) is 8.48. The minimum Gasteiger partial charge on any atom is -0.336 e. The van der Waals surface area contributed by atoms with Gasteiger partial charge in [0.25, 0.3) is 5.91 Å². The summed E-state index contributed by atoms with van der Waals surface area (Å²) in [6.45, 7) is 5.11. The molecule has 0 bridgehead atoms. The summed E-state index contributed by atoms with van der Waals surface area (Å²) in [4.78, 5) is 34.8. The number of rotatable bonds is 3. The number of aryl methyl sites for hydroxylation is 2. The minimum absolute atomic E-state index is 0.0418. The van der Waals surface area contributed by atoms with Crippen LogP contribution in [0.2, 0.25) is 0 Å². The lowest BCUT2D eigenvalue weighted by Gasteiger charge is -2.31. The lowest BCUT2D eigenvalue weighted by molar-refractivity contribution is -0.121. The van der Waals surface area contributed by atoms with E-state index in [1.807, 2.05) is 32.0 Å². The van der Waals surface area contributed by atoms with Crippen LogP contribution in [0.25, 0.3) is 0 Å². The molecule has 1 atom stereocenters. The standard InChI is InChI=1S/C19H22N4O2/c1-13-5-6-16(10-14(13)2)22-18(24)15-4-3-9-23(12-15)19(25)17-11-20-7-8-21-17/h5-8,10-11,15H,3-4,9,12H2,1-2H3,(H,22,24)/t15-/m1/s1. The predicted molar refractivity (Wildman–Crippen MR) is 95.2 cm³/mol. The van der Waals surface area contributed by atoms with Gasteiger partial charge in [-0.3, -0.25) is 14.6 Å². The molecule has 1 aromatic heterocycles. The summed E-state index contributed by atoms with van der Waals surface area (Å²) in [5.41, 5.74) is 3.44. The first-order chi connectivity index (χ1) is 12.0. The van der Waals surface area contributed by atoms with Gasteiger partial charge in [-0.2, -0.15) is 0 Å². The Labute approximate surface area is 147 Å². The monoisotopic (exact) mass is 338 g/mol. The van der Waals surface area contributed by atoms with Gasteiger partial charge in [-0.1, -0.05) is 6.07 Å². The highest BCUT2D eigenvalue weighted by molar-refractivity contribution is 5.95. The van der Waals surface area contributed by atoms with Crippen molar-refractivity contribution in [2.75, 3.05) is 18.4 Å². The molecule has 1 aliphatic rings. The van der Waals surface area contributed by atoms with Crippen molar-refractivity contribution < 1.29 is 9.59 Å². The van der Waals surface area contributed by atoms with Crippen LogP contribution in [-0.4, -0.2) is 39.8 Å². The number of hydrogen-bond donors (Lipinski definition) is 1. The molecule has 2 amide bonds. The summed E-state index contributed by atoms with van der Waals surface area (Å²) in [6.07, 6.45) is 6.08. The molecule has 1 saturated heterocycles. The Bertz CT molecular complexity index is 776. The number of likely N-dealkylation sites (tertiary alicyclic amines) is 1. The quantitative estimate of drug-likeness (QED) is 0.933. The molecular formula is C19H22N4O2. The van der Waals surface area contributed by atoms with E-state index in [0.29, 0.717) is 18.8 Å². The third-order valence-corrected chi connectivity index (χ3v) is 4.64. The van der Waals surface area contributed by atoms with Crippen LogP contribution in [-0.2, 0) is 4.79 Å². The van der Waals surface area contributed by atoms with E-state index in [0.717, 1.165) is 24.1 Å². The van der Waals surface area contributed by atoms with Crippen molar-refractivity contribution in [3.05, 3.63) is 53.6 Å². The molecule has 6 nitrogen and oxygen atoms in total. The van der Waals surface area contributed by atoms with Gasteiger partial charge in [0.15, 0.2) is 0 Å². The van der Waals surface area contributed by atoms with Gasteiger partial charge in [-0.15, -0.1) is 0 Å². The number of aromatic nitrogens is 2. The Balaban J connectivity index is 1.65. The predicted octanol–water partition coefficient (Wildman–Crippen LogP) is 2.58. The maximum Gasteiger partial charge on any atom is 0.274 e. The summed E-state index contributed by atoms with van der Waals surface area (Å²) in [5, 5.41) is 2.97. The van der Waals surface area contributed by atoms with Crippen molar-refractivity contribution in [2.45, 2.75) is 26.7 Å². The van der Waals surface area contributed by atoms with Crippen LogP contribution >= 0.6 is 0 Å².